The number of rotatable bonds is 4. The highest BCUT2D eigenvalue weighted by Gasteiger charge is 2.19. The number of methoxy groups -OCH3 is 1. The molecular weight excluding hydrogens is 321 g/mol. The zero-order valence-electron chi connectivity index (χ0n) is 12.4. The van der Waals surface area contributed by atoms with Gasteiger partial charge in [0, 0.05) is 12.1 Å². The van der Waals surface area contributed by atoms with Gasteiger partial charge in [-0.2, -0.15) is 0 Å². The first-order valence-electron chi connectivity index (χ1n) is 6.61. The lowest BCUT2D eigenvalue weighted by Gasteiger charge is -2.10. The Labute approximate surface area is 135 Å². The van der Waals surface area contributed by atoms with Gasteiger partial charge in [-0.1, -0.05) is 12.1 Å². The van der Waals surface area contributed by atoms with E-state index in [1.54, 1.807) is 0 Å². The number of amides is 2. The minimum Gasteiger partial charge on any atom is -0.495 e. The van der Waals surface area contributed by atoms with Crippen molar-refractivity contribution in [1.82, 2.24) is 0 Å². The van der Waals surface area contributed by atoms with Crippen LogP contribution < -0.4 is 15.4 Å². The van der Waals surface area contributed by atoms with Crippen molar-refractivity contribution >= 4 is 28.9 Å². The molecule has 2 aromatic carbocycles. The van der Waals surface area contributed by atoms with Crippen LogP contribution in [0.3, 0.4) is 0 Å². The van der Waals surface area contributed by atoms with Crippen LogP contribution >= 0.6 is 0 Å². The molecule has 2 amide bonds. The fourth-order valence-electron chi connectivity index (χ4n) is 1.83. The fourth-order valence-corrected chi connectivity index (χ4v) is 1.83. The van der Waals surface area contributed by atoms with Crippen molar-refractivity contribution in [3.63, 3.8) is 0 Å². The average molecular weight is 333 g/mol. The van der Waals surface area contributed by atoms with Gasteiger partial charge in [0.05, 0.1) is 23.4 Å². The number of carbonyl (C=O) groups excluding carboxylic acids is 2. The molecule has 0 fully saturated rings. The number of hydrogen-bond acceptors (Lipinski definition) is 5. The normalized spacial score (nSPS) is 9.92. The Morgan fingerprint density at radius 1 is 1.08 bits per heavy atom. The topological polar surface area (TPSA) is 111 Å². The van der Waals surface area contributed by atoms with Crippen LogP contribution in [0, 0.1) is 15.9 Å². The predicted octanol–water partition coefficient (Wildman–Crippen LogP) is 2.32. The number of nitrogens with one attached hydrogen (secondary N) is 2. The summed E-state index contributed by atoms with van der Waals surface area (Å²) in [6, 6.07) is 8.84. The molecule has 9 heteroatoms. The van der Waals surface area contributed by atoms with E-state index in [2.05, 4.69) is 10.6 Å². The van der Waals surface area contributed by atoms with Crippen molar-refractivity contribution in [3.8, 4) is 5.75 Å². The van der Waals surface area contributed by atoms with Crippen LogP contribution in [-0.4, -0.2) is 23.8 Å². The van der Waals surface area contributed by atoms with Gasteiger partial charge in [-0.3, -0.25) is 19.7 Å². The number of ether oxygens (including phenoxy) is 1. The second kappa shape index (κ2) is 7.18. The Morgan fingerprint density at radius 3 is 2.29 bits per heavy atom. The van der Waals surface area contributed by atoms with Gasteiger partial charge in [-0.05, 0) is 18.2 Å². The van der Waals surface area contributed by atoms with E-state index in [0.29, 0.717) is 0 Å². The van der Waals surface area contributed by atoms with Crippen LogP contribution in [0.5, 0.6) is 5.75 Å². The predicted molar refractivity (Wildman–Crippen MR) is 83.3 cm³/mol. The van der Waals surface area contributed by atoms with E-state index in [9.17, 15) is 24.1 Å². The highest BCUT2D eigenvalue weighted by Crippen LogP contribution is 2.28. The van der Waals surface area contributed by atoms with Gasteiger partial charge in [0.2, 0.25) is 0 Å². The summed E-state index contributed by atoms with van der Waals surface area (Å²) in [5, 5.41) is 15.1. The third-order valence-electron chi connectivity index (χ3n) is 2.97. The van der Waals surface area contributed by atoms with Crippen LogP contribution in [0.4, 0.5) is 21.5 Å². The number of nitrogens with zero attached hydrogens (tertiary/aromatic N) is 1. The summed E-state index contributed by atoms with van der Waals surface area (Å²) < 4.78 is 18.4. The molecular formula is C15H12FN3O5. The smallest absolute Gasteiger partial charge is 0.314 e. The van der Waals surface area contributed by atoms with Gasteiger partial charge >= 0.3 is 11.8 Å². The molecule has 0 aliphatic heterocycles. The summed E-state index contributed by atoms with van der Waals surface area (Å²) in [7, 11) is 1.30. The first-order chi connectivity index (χ1) is 11.4. The zero-order chi connectivity index (χ0) is 17.7. The number of anilines is 2. The Morgan fingerprint density at radius 2 is 1.71 bits per heavy atom. The number of non-ortho nitro benzene ring substituents is 1. The largest absolute Gasteiger partial charge is 0.495 e. The molecule has 0 aromatic heterocycles. The second-order valence-corrected chi connectivity index (χ2v) is 4.53. The zero-order valence-corrected chi connectivity index (χ0v) is 12.4. The van der Waals surface area contributed by atoms with Gasteiger partial charge < -0.3 is 15.4 Å². The maximum Gasteiger partial charge on any atom is 0.314 e. The third-order valence-corrected chi connectivity index (χ3v) is 2.97. The standard InChI is InChI=1S/C15H12FN3O5/c1-24-13-7-6-9(19(22)23)8-12(13)18-15(21)14(20)17-11-5-3-2-4-10(11)16/h2-8H,1H3,(H,17,20)(H,18,21). The molecule has 2 rings (SSSR count). The lowest BCUT2D eigenvalue weighted by Crippen LogP contribution is -2.29. The van der Waals surface area contributed by atoms with Crippen molar-refractivity contribution in [2.45, 2.75) is 0 Å². The van der Waals surface area contributed by atoms with E-state index in [0.717, 1.165) is 12.1 Å². The van der Waals surface area contributed by atoms with Crippen LogP contribution in [-0.2, 0) is 9.59 Å². The summed E-state index contributed by atoms with van der Waals surface area (Å²) in [5.74, 6) is -2.83. The Bertz CT molecular complexity index is 809. The summed E-state index contributed by atoms with van der Waals surface area (Å²) in [5.41, 5.74) is -0.510. The van der Waals surface area contributed by atoms with Crippen LogP contribution in [0.25, 0.3) is 0 Å². The van der Waals surface area contributed by atoms with Gasteiger partial charge in [0.25, 0.3) is 5.69 Å². The van der Waals surface area contributed by atoms with Crippen molar-refractivity contribution in [1.29, 1.82) is 0 Å². The molecule has 0 unspecified atom stereocenters. The van der Waals surface area contributed by atoms with Gasteiger partial charge in [-0.15, -0.1) is 0 Å². The molecule has 0 radical (unpaired) electrons. The lowest BCUT2D eigenvalue weighted by molar-refractivity contribution is -0.384. The fraction of sp³-hybridized carbons (Fsp3) is 0.0667. The molecule has 0 saturated heterocycles. The van der Waals surface area contributed by atoms with E-state index in [1.165, 1.54) is 37.4 Å². The maximum absolute atomic E-state index is 13.5. The van der Waals surface area contributed by atoms with E-state index in [4.69, 9.17) is 4.74 Å². The average Bonchev–Trinajstić information content (AvgIpc) is 2.56. The molecule has 124 valence electrons. The monoisotopic (exact) mass is 333 g/mol. The van der Waals surface area contributed by atoms with Gasteiger partial charge in [-0.25, -0.2) is 4.39 Å². The molecule has 8 nitrogen and oxygen atoms in total. The number of halogens is 1. The van der Waals surface area contributed by atoms with E-state index < -0.39 is 22.6 Å². The molecule has 0 bridgehead atoms. The number of nitro groups is 1. The molecule has 0 aliphatic carbocycles. The van der Waals surface area contributed by atoms with Crippen LogP contribution in [0.15, 0.2) is 42.5 Å². The van der Waals surface area contributed by atoms with E-state index >= 15 is 0 Å². The Balaban J connectivity index is 2.16. The van der Waals surface area contributed by atoms with E-state index in [-0.39, 0.29) is 22.8 Å². The minimum atomic E-state index is -1.13. The Kier molecular flexibility index (Phi) is 5.05. The summed E-state index contributed by atoms with van der Waals surface area (Å²) >= 11 is 0. The number of nitro benzene ring substituents is 1. The molecule has 24 heavy (non-hydrogen) atoms. The second-order valence-electron chi connectivity index (χ2n) is 4.53. The molecule has 0 aliphatic rings. The lowest BCUT2D eigenvalue weighted by atomic mass is 10.2. The summed E-state index contributed by atoms with van der Waals surface area (Å²) in [6.07, 6.45) is 0. The number of carbonyl (C=O) groups is 2. The Hall–Kier alpha value is -3.49. The van der Waals surface area contributed by atoms with Crippen molar-refractivity contribution in [3.05, 3.63) is 58.4 Å². The summed E-state index contributed by atoms with van der Waals surface area (Å²) in [4.78, 5) is 33.9. The minimum absolute atomic E-state index is 0.0552. The van der Waals surface area contributed by atoms with Gasteiger partial charge in [0.15, 0.2) is 0 Å². The maximum atomic E-state index is 13.5. The molecule has 2 N–H and O–H groups in total. The molecule has 0 atom stereocenters. The van der Waals surface area contributed by atoms with Crippen molar-refractivity contribution in [2.75, 3.05) is 17.7 Å². The highest BCUT2D eigenvalue weighted by atomic mass is 19.1. The molecule has 0 spiro atoms. The molecule has 0 heterocycles. The van der Waals surface area contributed by atoms with Crippen LogP contribution in [0.1, 0.15) is 0 Å². The first kappa shape index (κ1) is 16.9. The first-order valence-corrected chi connectivity index (χ1v) is 6.61. The summed E-state index contributed by atoms with van der Waals surface area (Å²) in [6.45, 7) is 0. The highest BCUT2D eigenvalue weighted by molar-refractivity contribution is 6.43. The number of benzene rings is 2. The van der Waals surface area contributed by atoms with Crippen LogP contribution in [0.2, 0.25) is 0 Å². The SMILES string of the molecule is COc1ccc([N+](=O)[O-])cc1NC(=O)C(=O)Nc1ccccc1F. The third kappa shape index (κ3) is 3.83. The van der Waals surface area contributed by atoms with E-state index in [1.807, 2.05) is 0 Å². The van der Waals surface area contributed by atoms with Gasteiger partial charge in [0.1, 0.15) is 11.6 Å². The number of para-hydroxylation sites is 1. The molecule has 2 aromatic rings. The van der Waals surface area contributed by atoms with Crippen molar-refractivity contribution < 1.29 is 23.6 Å². The molecule has 0 saturated carbocycles. The number of hydrogen-bond donors (Lipinski definition) is 2. The quantitative estimate of drug-likeness (QED) is 0.507. The van der Waals surface area contributed by atoms with Crippen molar-refractivity contribution in [2.24, 2.45) is 0 Å².